The Balaban J connectivity index is 0.00000200. The van der Waals surface area contributed by atoms with E-state index in [1.165, 1.54) is 22.0 Å². The first-order valence-electron chi connectivity index (χ1n) is 6.48. The van der Waals surface area contributed by atoms with Gasteiger partial charge in [-0.15, -0.1) is 0 Å². The van der Waals surface area contributed by atoms with Crippen molar-refractivity contribution >= 4 is 22.6 Å². The summed E-state index contributed by atoms with van der Waals surface area (Å²) in [4.78, 5) is 0. The summed E-state index contributed by atoms with van der Waals surface area (Å²) in [5.74, 6) is 0.907. The van der Waals surface area contributed by atoms with Gasteiger partial charge in [0.1, 0.15) is 5.75 Å². The highest BCUT2D eigenvalue weighted by atomic mass is 127. The Morgan fingerprint density at radius 3 is 2.50 bits per heavy atom. The molecule has 20 heavy (non-hydrogen) atoms. The average Bonchev–Trinajstić information content (AvgIpc) is 2.46. The zero-order valence-corrected chi connectivity index (χ0v) is 15.9. The Hall–Kier alpha value is -0.370. The van der Waals surface area contributed by atoms with E-state index in [0.29, 0.717) is 0 Å². The summed E-state index contributed by atoms with van der Waals surface area (Å²) >= 11 is 2.43. The summed E-state index contributed by atoms with van der Waals surface area (Å²) in [7, 11) is 1.69. The van der Waals surface area contributed by atoms with Crippen molar-refractivity contribution in [2.75, 3.05) is 11.5 Å². The van der Waals surface area contributed by atoms with Crippen LogP contribution < -0.4 is 33.3 Å². The van der Waals surface area contributed by atoms with Gasteiger partial charge in [0.05, 0.1) is 7.11 Å². The lowest BCUT2D eigenvalue weighted by atomic mass is 10.1. The molecule has 0 fully saturated rings. The van der Waals surface area contributed by atoms with Crippen LogP contribution in [-0.2, 0) is 13.0 Å². The van der Waals surface area contributed by atoms with Crippen molar-refractivity contribution in [1.29, 1.82) is 0 Å². The Labute approximate surface area is 151 Å². The standard InChI is InChI=1S/C16H19INO.HI/c1-19-16-8-6-15(7-9-16)13-18-11-3-5-14(12-18)4-2-10-17;/h3,5-9,11-12H,2,4,10,13H2,1H3;1H/q+1;/p-1. The Kier molecular flexibility index (Phi) is 8.44. The fourth-order valence-electron chi connectivity index (χ4n) is 2.04. The van der Waals surface area contributed by atoms with Crippen molar-refractivity contribution in [1.82, 2.24) is 0 Å². The number of hydrogen-bond acceptors (Lipinski definition) is 1. The maximum absolute atomic E-state index is 5.18. The van der Waals surface area contributed by atoms with Gasteiger partial charge in [-0.3, -0.25) is 0 Å². The first-order chi connectivity index (χ1) is 9.31. The highest BCUT2D eigenvalue weighted by Gasteiger charge is 2.04. The van der Waals surface area contributed by atoms with Gasteiger partial charge in [0.2, 0.25) is 0 Å². The summed E-state index contributed by atoms with van der Waals surface area (Å²) in [6.45, 7) is 0.905. The van der Waals surface area contributed by atoms with Gasteiger partial charge in [-0.05, 0) is 47.6 Å². The topological polar surface area (TPSA) is 13.1 Å². The number of pyridine rings is 1. The van der Waals surface area contributed by atoms with Gasteiger partial charge in [0, 0.05) is 17.2 Å². The van der Waals surface area contributed by atoms with E-state index in [1.807, 2.05) is 12.1 Å². The number of benzene rings is 1. The molecule has 0 aliphatic heterocycles. The number of alkyl halides is 1. The molecule has 0 saturated carbocycles. The van der Waals surface area contributed by atoms with Crippen LogP contribution in [0.15, 0.2) is 48.8 Å². The van der Waals surface area contributed by atoms with E-state index < -0.39 is 0 Å². The predicted molar refractivity (Wildman–Crippen MR) is 85.9 cm³/mol. The molecule has 2 nitrogen and oxygen atoms in total. The number of nitrogens with zero attached hydrogens (tertiary/aromatic N) is 1. The second-order valence-electron chi connectivity index (χ2n) is 4.53. The summed E-state index contributed by atoms with van der Waals surface area (Å²) in [6, 6.07) is 12.6. The Bertz CT molecular complexity index is 514. The van der Waals surface area contributed by atoms with E-state index >= 15 is 0 Å². The molecule has 0 aliphatic rings. The monoisotopic (exact) mass is 495 g/mol. The van der Waals surface area contributed by atoms with E-state index in [9.17, 15) is 0 Å². The highest BCUT2D eigenvalue weighted by Crippen LogP contribution is 2.11. The summed E-state index contributed by atoms with van der Waals surface area (Å²) in [5, 5.41) is 0. The van der Waals surface area contributed by atoms with Crippen LogP contribution in [0.5, 0.6) is 5.75 Å². The largest absolute Gasteiger partial charge is 1.00 e. The van der Waals surface area contributed by atoms with Gasteiger partial charge in [0.15, 0.2) is 18.9 Å². The zero-order valence-electron chi connectivity index (χ0n) is 11.6. The van der Waals surface area contributed by atoms with Crippen molar-refractivity contribution in [3.63, 3.8) is 0 Å². The molecule has 0 spiro atoms. The van der Waals surface area contributed by atoms with Crippen LogP contribution in [0.25, 0.3) is 0 Å². The molecule has 1 aromatic heterocycles. The summed E-state index contributed by atoms with van der Waals surface area (Å²) in [6.07, 6.45) is 6.77. The fraction of sp³-hybridized carbons (Fsp3) is 0.312. The maximum atomic E-state index is 5.18. The van der Waals surface area contributed by atoms with Crippen LogP contribution in [0.2, 0.25) is 0 Å². The van der Waals surface area contributed by atoms with Crippen molar-refractivity contribution in [2.45, 2.75) is 19.4 Å². The maximum Gasteiger partial charge on any atom is 0.173 e. The third kappa shape index (κ3) is 5.55. The molecule has 0 amide bonds. The zero-order chi connectivity index (χ0) is 13.5. The van der Waals surface area contributed by atoms with Gasteiger partial charge in [0.25, 0.3) is 0 Å². The minimum absolute atomic E-state index is 0. The SMILES string of the molecule is COc1ccc(C[n+]2cccc(CCCI)c2)cc1.[I-]. The molecule has 108 valence electrons. The number of aryl methyl sites for hydroxylation is 1. The Morgan fingerprint density at radius 1 is 1.10 bits per heavy atom. The van der Waals surface area contributed by atoms with Gasteiger partial charge < -0.3 is 28.7 Å². The van der Waals surface area contributed by atoms with E-state index in [-0.39, 0.29) is 24.0 Å². The second-order valence-corrected chi connectivity index (χ2v) is 5.60. The summed E-state index contributed by atoms with van der Waals surface area (Å²) in [5.41, 5.74) is 2.70. The molecule has 0 unspecified atom stereocenters. The van der Waals surface area contributed by atoms with E-state index in [2.05, 4.69) is 63.8 Å². The molecule has 2 rings (SSSR count). The fourth-order valence-corrected chi connectivity index (χ4v) is 2.42. The molecule has 0 saturated heterocycles. The number of aromatic nitrogens is 1. The van der Waals surface area contributed by atoms with E-state index in [1.54, 1.807) is 7.11 Å². The predicted octanol–water partition coefficient (Wildman–Crippen LogP) is 0.403. The van der Waals surface area contributed by atoms with Crippen molar-refractivity contribution in [2.24, 2.45) is 0 Å². The van der Waals surface area contributed by atoms with E-state index in [0.717, 1.165) is 18.7 Å². The van der Waals surface area contributed by atoms with Crippen molar-refractivity contribution in [3.8, 4) is 5.75 Å². The van der Waals surface area contributed by atoms with Crippen LogP contribution in [0.3, 0.4) is 0 Å². The molecule has 0 N–H and O–H groups in total. The third-order valence-electron chi connectivity index (χ3n) is 3.04. The lowest BCUT2D eigenvalue weighted by Gasteiger charge is -2.02. The molecule has 0 atom stereocenters. The van der Waals surface area contributed by atoms with Crippen LogP contribution in [0, 0.1) is 0 Å². The second kappa shape index (κ2) is 9.55. The molecule has 4 heteroatoms. The van der Waals surface area contributed by atoms with Crippen molar-refractivity contribution in [3.05, 3.63) is 59.9 Å². The number of hydrogen-bond donors (Lipinski definition) is 0. The number of methoxy groups -OCH3 is 1. The highest BCUT2D eigenvalue weighted by molar-refractivity contribution is 14.1. The third-order valence-corrected chi connectivity index (χ3v) is 3.81. The first kappa shape index (κ1) is 17.7. The number of halogens is 2. The summed E-state index contributed by atoms with van der Waals surface area (Å²) < 4.78 is 8.63. The molecule has 0 bridgehead atoms. The molecule has 2 aromatic rings. The van der Waals surface area contributed by atoms with Gasteiger partial charge in [-0.2, -0.15) is 0 Å². The van der Waals surface area contributed by atoms with Crippen molar-refractivity contribution < 1.29 is 33.3 Å². The lowest BCUT2D eigenvalue weighted by molar-refractivity contribution is -0.688. The lowest BCUT2D eigenvalue weighted by Crippen LogP contribution is -3.00. The Morgan fingerprint density at radius 2 is 1.85 bits per heavy atom. The number of ether oxygens (including phenoxy) is 1. The van der Waals surface area contributed by atoms with Gasteiger partial charge >= 0.3 is 0 Å². The van der Waals surface area contributed by atoms with E-state index in [4.69, 9.17) is 4.74 Å². The van der Waals surface area contributed by atoms with Crippen LogP contribution in [0.1, 0.15) is 17.5 Å². The minimum Gasteiger partial charge on any atom is -1.00 e. The molecular weight excluding hydrogens is 476 g/mol. The normalized spacial score (nSPS) is 9.90. The molecule has 0 aliphatic carbocycles. The number of rotatable bonds is 6. The molecule has 1 aromatic carbocycles. The molecule has 0 radical (unpaired) electrons. The average molecular weight is 495 g/mol. The van der Waals surface area contributed by atoms with Crippen LogP contribution in [0.4, 0.5) is 0 Å². The van der Waals surface area contributed by atoms with Crippen LogP contribution in [-0.4, -0.2) is 11.5 Å². The van der Waals surface area contributed by atoms with Gasteiger partial charge in [-0.1, -0.05) is 22.6 Å². The molecular formula is C16H19I2NO. The van der Waals surface area contributed by atoms with Crippen LogP contribution >= 0.6 is 22.6 Å². The smallest absolute Gasteiger partial charge is 0.173 e. The minimum atomic E-state index is 0. The quantitative estimate of drug-likeness (QED) is 0.322. The first-order valence-corrected chi connectivity index (χ1v) is 8.01. The molecule has 1 heterocycles. The van der Waals surface area contributed by atoms with Gasteiger partial charge in [-0.25, -0.2) is 4.57 Å².